The number of hydrogen-bond donors (Lipinski definition) is 0. The largest absolute Gasteiger partial charge is 0.463 e. The van der Waals surface area contributed by atoms with Crippen LogP contribution in [0.3, 0.4) is 0 Å². The van der Waals surface area contributed by atoms with Gasteiger partial charge < -0.3 is 33.2 Å². The minimum atomic E-state index is -0.973. The Kier molecular flexibility index (Phi) is 9.44. The van der Waals surface area contributed by atoms with Crippen LogP contribution in [0.2, 0.25) is 0 Å². The molecule has 2 rings (SSSR count). The van der Waals surface area contributed by atoms with Crippen molar-refractivity contribution in [3.8, 4) is 0 Å². The van der Waals surface area contributed by atoms with Gasteiger partial charge in [-0.15, -0.1) is 0 Å². The Balaban J connectivity index is 2.33. The molecule has 4 unspecified atom stereocenters. The second-order valence-electron chi connectivity index (χ2n) is 8.62. The molecule has 0 radical (unpaired) electrons. The summed E-state index contributed by atoms with van der Waals surface area (Å²) in [6.07, 6.45) is -4.76. The fraction of sp³-hybridized carbons (Fsp3) is 0.864. The van der Waals surface area contributed by atoms with Crippen LogP contribution in [0, 0.1) is 17.8 Å². The standard InChI is InChI=1S/C22H36O10/c1-10-11(2)19(29-15(6)24)22(31-17(10)9-27-14(5)23)32-18-12(3)13(4)28-21(26-8)20(18)30-16(7)25/h10-13,17-22H,9H2,1-8H3/t10-,11?,12-,13?,17-,18-,19?,20?,21+,22+/m0/s1. The van der Waals surface area contributed by atoms with Gasteiger partial charge in [0.2, 0.25) is 0 Å². The molecule has 0 aromatic rings. The third-order valence-corrected chi connectivity index (χ3v) is 6.29. The molecule has 2 fully saturated rings. The maximum Gasteiger partial charge on any atom is 0.303 e. The summed E-state index contributed by atoms with van der Waals surface area (Å²) >= 11 is 0. The fourth-order valence-corrected chi connectivity index (χ4v) is 4.11. The second-order valence-corrected chi connectivity index (χ2v) is 8.62. The van der Waals surface area contributed by atoms with Crippen LogP contribution < -0.4 is 0 Å². The Hall–Kier alpha value is -1.75. The van der Waals surface area contributed by atoms with E-state index in [0.29, 0.717) is 0 Å². The molecule has 0 aliphatic carbocycles. The number of hydrogen-bond acceptors (Lipinski definition) is 10. The van der Waals surface area contributed by atoms with Crippen LogP contribution in [0.25, 0.3) is 0 Å². The average Bonchev–Trinajstić information content (AvgIpc) is 2.70. The van der Waals surface area contributed by atoms with Crippen LogP contribution in [0.4, 0.5) is 0 Å². The maximum absolute atomic E-state index is 11.8. The summed E-state index contributed by atoms with van der Waals surface area (Å²) < 4.78 is 39.9. The summed E-state index contributed by atoms with van der Waals surface area (Å²) in [5.74, 6) is -1.83. The summed E-state index contributed by atoms with van der Waals surface area (Å²) in [7, 11) is 1.46. The predicted molar refractivity (Wildman–Crippen MR) is 110 cm³/mol. The van der Waals surface area contributed by atoms with E-state index in [1.807, 2.05) is 27.7 Å². The van der Waals surface area contributed by atoms with E-state index in [4.69, 9.17) is 33.2 Å². The van der Waals surface area contributed by atoms with Crippen molar-refractivity contribution in [3.63, 3.8) is 0 Å². The SMILES string of the molecule is CO[C@@H]1OC(C)[C@H](C)[C@H](O[C@H]2O[C@@H](COC(C)=O)[C@@H](C)C(C)C2OC(C)=O)C1OC(C)=O. The van der Waals surface area contributed by atoms with Gasteiger partial charge in [0.1, 0.15) is 12.7 Å². The molecule has 10 atom stereocenters. The minimum Gasteiger partial charge on any atom is -0.463 e. The van der Waals surface area contributed by atoms with Gasteiger partial charge in [-0.25, -0.2) is 0 Å². The summed E-state index contributed by atoms with van der Waals surface area (Å²) in [6, 6.07) is 0. The van der Waals surface area contributed by atoms with Gasteiger partial charge in [-0.05, 0) is 12.8 Å². The number of ether oxygens (including phenoxy) is 7. The van der Waals surface area contributed by atoms with Gasteiger partial charge in [0, 0.05) is 39.7 Å². The number of esters is 3. The molecule has 0 aromatic carbocycles. The number of rotatable bonds is 7. The Morgan fingerprint density at radius 2 is 1.31 bits per heavy atom. The van der Waals surface area contributed by atoms with Crippen molar-refractivity contribution in [3.05, 3.63) is 0 Å². The van der Waals surface area contributed by atoms with Crippen LogP contribution in [0.5, 0.6) is 0 Å². The molecule has 32 heavy (non-hydrogen) atoms. The number of carbonyl (C=O) groups excluding carboxylic acids is 3. The van der Waals surface area contributed by atoms with Gasteiger partial charge in [-0.3, -0.25) is 14.4 Å². The quantitative estimate of drug-likeness (QED) is 0.411. The van der Waals surface area contributed by atoms with Crippen LogP contribution in [-0.4, -0.2) is 74.7 Å². The molecular formula is C22H36O10. The highest BCUT2D eigenvalue weighted by atomic mass is 16.7. The molecule has 0 amide bonds. The van der Waals surface area contributed by atoms with E-state index in [-0.39, 0.29) is 30.5 Å². The van der Waals surface area contributed by atoms with Crippen molar-refractivity contribution in [2.75, 3.05) is 13.7 Å². The molecule has 184 valence electrons. The zero-order valence-electron chi connectivity index (χ0n) is 20.1. The lowest BCUT2D eigenvalue weighted by molar-refractivity contribution is -0.340. The average molecular weight is 461 g/mol. The first-order valence-electron chi connectivity index (χ1n) is 10.9. The Labute approximate surface area is 189 Å². The third-order valence-electron chi connectivity index (χ3n) is 6.29. The lowest BCUT2D eigenvalue weighted by Gasteiger charge is -2.48. The molecule has 2 saturated heterocycles. The fourth-order valence-electron chi connectivity index (χ4n) is 4.11. The van der Waals surface area contributed by atoms with Crippen LogP contribution in [0.15, 0.2) is 0 Å². The third kappa shape index (κ3) is 6.40. The first-order chi connectivity index (χ1) is 15.0. The van der Waals surface area contributed by atoms with E-state index in [1.54, 1.807) is 0 Å². The lowest BCUT2D eigenvalue weighted by atomic mass is 9.83. The van der Waals surface area contributed by atoms with Crippen molar-refractivity contribution in [2.24, 2.45) is 17.8 Å². The Bertz CT molecular complexity index is 665. The monoisotopic (exact) mass is 460 g/mol. The molecule has 0 saturated carbocycles. The smallest absolute Gasteiger partial charge is 0.303 e. The van der Waals surface area contributed by atoms with Gasteiger partial charge >= 0.3 is 17.9 Å². The molecule has 2 aliphatic heterocycles. The molecule has 2 heterocycles. The van der Waals surface area contributed by atoms with Crippen LogP contribution >= 0.6 is 0 Å². The van der Waals surface area contributed by atoms with E-state index in [0.717, 1.165) is 0 Å². The highest BCUT2D eigenvalue weighted by Crippen LogP contribution is 2.37. The van der Waals surface area contributed by atoms with E-state index < -0.39 is 54.9 Å². The van der Waals surface area contributed by atoms with Crippen molar-refractivity contribution >= 4 is 17.9 Å². The topological polar surface area (TPSA) is 116 Å². The van der Waals surface area contributed by atoms with E-state index in [2.05, 4.69) is 0 Å². The molecule has 0 bridgehead atoms. The number of methoxy groups -OCH3 is 1. The van der Waals surface area contributed by atoms with Gasteiger partial charge in [0.25, 0.3) is 0 Å². The van der Waals surface area contributed by atoms with Crippen LogP contribution in [-0.2, 0) is 47.5 Å². The van der Waals surface area contributed by atoms with E-state index in [1.165, 1.54) is 27.9 Å². The zero-order chi connectivity index (χ0) is 24.2. The molecule has 0 aromatic heterocycles. The second kappa shape index (κ2) is 11.4. The van der Waals surface area contributed by atoms with Crippen molar-refractivity contribution in [1.82, 2.24) is 0 Å². The van der Waals surface area contributed by atoms with Gasteiger partial charge in [0.15, 0.2) is 24.8 Å². The zero-order valence-corrected chi connectivity index (χ0v) is 20.1. The molecule has 10 nitrogen and oxygen atoms in total. The Morgan fingerprint density at radius 1 is 0.719 bits per heavy atom. The summed E-state index contributed by atoms with van der Waals surface area (Å²) in [5.41, 5.74) is 0. The number of carbonyl (C=O) groups is 3. The molecule has 10 heteroatoms. The normalized spacial score (nSPS) is 39.8. The molecular weight excluding hydrogens is 424 g/mol. The van der Waals surface area contributed by atoms with Gasteiger partial charge in [-0.1, -0.05) is 20.8 Å². The van der Waals surface area contributed by atoms with E-state index in [9.17, 15) is 14.4 Å². The predicted octanol–water partition coefficient (Wildman–Crippen LogP) is 1.82. The highest BCUT2D eigenvalue weighted by Gasteiger charge is 2.51. The highest BCUT2D eigenvalue weighted by molar-refractivity contribution is 5.66. The molecule has 0 N–H and O–H groups in total. The van der Waals surface area contributed by atoms with Crippen LogP contribution in [0.1, 0.15) is 48.5 Å². The van der Waals surface area contributed by atoms with Gasteiger partial charge in [-0.2, -0.15) is 0 Å². The summed E-state index contributed by atoms with van der Waals surface area (Å²) in [4.78, 5) is 34.9. The van der Waals surface area contributed by atoms with Crippen molar-refractivity contribution in [1.29, 1.82) is 0 Å². The van der Waals surface area contributed by atoms with E-state index >= 15 is 0 Å². The minimum absolute atomic E-state index is 0.0430. The maximum atomic E-state index is 11.8. The van der Waals surface area contributed by atoms with Crippen molar-refractivity contribution in [2.45, 2.75) is 91.6 Å². The lowest BCUT2D eigenvalue weighted by Crippen LogP contribution is -2.60. The first kappa shape index (κ1) is 26.5. The Morgan fingerprint density at radius 3 is 1.84 bits per heavy atom. The van der Waals surface area contributed by atoms with Crippen molar-refractivity contribution < 1.29 is 47.5 Å². The first-order valence-corrected chi connectivity index (χ1v) is 10.9. The summed E-state index contributed by atoms with van der Waals surface area (Å²) in [6.45, 7) is 11.6. The molecule has 0 spiro atoms. The molecule has 2 aliphatic rings. The van der Waals surface area contributed by atoms with Gasteiger partial charge in [0.05, 0.1) is 12.2 Å². The summed E-state index contributed by atoms with van der Waals surface area (Å²) in [5, 5.41) is 0.